The van der Waals surface area contributed by atoms with Gasteiger partial charge in [-0.1, -0.05) is 19.1 Å². The second-order valence-corrected chi connectivity index (χ2v) is 4.79. The molecule has 110 valence electrons. The maximum absolute atomic E-state index is 11.8. The van der Waals surface area contributed by atoms with Crippen molar-refractivity contribution in [3.05, 3.63) is 29.8 Å². The van der Waals surface area contributed by atoms with E-state index in [1.807, 2.05) is 13.8 Å². The first kappa shape index (κ1) is 16.0. The molecule has 1 aromatic carbocycles. The number of ether oxygens (including phenoxy) is 1. The van der Waals surface area contributed by atoms with Gasteiger partial charge in [-0.15, -0.1) is 0 Å². The number of carboxylic acid groups (broad SMARTS) is 1. The highest BCUT2D eigenvalue weighted by Gasteiger charge is 2.16. The number of hydrogen-bond donors (Lipinski definition) is 2. The maximum Gasteiger partial charge on any atom is 0.307 e. The van der Waals surface area contributed by atoms with Crippen molar-refractivity contribution >= 4 is 11.9 Å². The molecule has 2 unspecified atom stereocenters. The first-order chi connectivity index (χ1) is 9.42. The van der Waals surface area contributed by atoms with Crippen molar-refractivity contribution in [2.24, 2.45) is 0 Å². The normalized spacial score (nSPS) is 13.3. The molecule has 0 bridgehead atoms. The van der Waals surface area contributed by atoms with Gasteiger partial charge in [0.2, 0.25) is 0 Å². The molecule has 2 atom stereocenters. The van der Waals surface area contributed by atoms with E-state index in [9.17, 15) is 9.59 Å². The summed E-state index contributed by atoms with van der Waals surface area (Å²) in [6.45, 7) is 5.62. The van der Waals surface area contributed by atoms with E-state index in [4.69, 9.17) is 9.84 Å². The third-order valence-corrected chi connectivity index (χ3v) is 2.96. The molecule has 0 heterocycles. The molecule has 0 aliphatic rings. The third-order valence-electron chi connectivity index (χ3n) is 2.96. The van der Waals surface area contributed by atoms with E-state index < -0.39 is 12.1 Å². The Balaban J connectivity index is 2.55. The Hall–Kier alpha value is -2.04. The lowest BCUT2D eigenvalue weighted by molar-refractivity contribution is -0.136. The highest BCUT2D eigenvalue weighted by molar-refractivity contribution is 5.81. The van der Waals surface area contributed by atoms with E-state index in [1.54, 1.807) is 31.2 Å². The lowest BCUT2D eigenvalue weighted by Gasteiger charge is -2.17. The molecule has 1 aromatic rings. The van der Waals surface area contributed by atoms with Crippen LogP contribution in [-0.4, -0.2) is 29.1 Å². The van der Waals surface area contributed by atoms with Crippen molar-refractivity contribution in [3.8, 4) is 5.75 Å². The first-order valence-electron chi connectivity index (χ1n) is 6.70. The molecule has 0 saturated heterocycles. The molecule has 1 amide bonds. The molecule has 0 fully saturated rings. The number of benzene rings is 1. The van der Waals surface area contributed by atoms with E-state index in [0.717, 1.165) is 6.42 Å². The number of aliphatic carboxylic acids is 1. The summed E-state index contributed by atoms with van der Waals surface area (Å²) in [6, 6.07) is 6.83. The average Bonchev–Trinajstić information content (AvgIpc) is 2.40. The van der Waals surface area contributed by atoms with Crippen molar-refractivity contribution in [1.29, 1.82) is 0 Å². The van der Waals surface area contributed by atoms with Crippen LogP contribution in [0.4, 0.5) is 0 Å². The lowest BCUT2D eigenvalue weighted by Crippen LogP contribution is -2.40. The number of amides is 1. The number of carbonyl (C=O) groups excluding carboxylic acids is 1. The first-order valence-corrected chi connectivity index (χ1v) is 6.70. The summed E-state index contributed by atoms with van der Waals surface area (Å²) < 4.78 is 5.52. The zero-order valence-electron chi connectivity index (χ0n) is 12.1. The number of carbonyl (C=O) groups is 2. The van der Waals surface area contributed by atoms with E-state index in [0.29, 0.717) is 11.3 Å². The van der Waals surface area contributed by atoms with Crippen LogP contribution < -0.4 is 10.1 Å². The molecule has 20 heavy (non-hydrogen) atoms. The lowest BCUT2D eigenvalue weighted by atomic mass is 10.1. The fraction of sp³-hybridized carbons (Fsp3) is 0.467. The molecule has 0 aromatic heterocycles. The standard InChI is InChI=1S/C15H21NO4/c1-4-10(2)16-15(19)11(3)20-13-7-5-12(6-8-13)9-14(17)18/h5-8,10-11H,4,9H2,1-3H3,(H,16,19)(H,17,18). The Kier molecular flexibility index (Phi) is 6.03. The van der Waals surface area contributed by atoms with E-state index in [-0.39, 0.29) is 18.4 Å². The molecule has 0 aliphatic carbocycles. The van der Waals surface area contributed by atoms with Gasteiger partial charge in [0.1, 0.15) is 5.75 Å². The predicted molar refractivity (Wildman–Crippen MR) is 75.8 cm³/mol. The number of hydrogen-bond acceptors (Lipinski definition) is 3. The van der Waals surface area contributed by atoms with Gasteiger partial charge >= 0.3 is 5.97 Å². The Labute approximate surface area is 118 Å². The van der Waals surface area contributed by atoms with Gasteiger partial charge in [-0.2, -0.15) is 0 Å². The molecule has 1 rings (SSSR count). The van der Waals surface area contributed by atoms with E-state index >= 15 is 0 Å². The van der Waals surface area contributed by atoms with Crippen molar-refractivity contribution in [2.75, 3.05) is 0 Å². The Morgan fingerprint density at radius 1 is 1.25 bits per heavy atom. The molecule has 5 nitrogen and oxygen atoms in total. The molecule has 0 aliphatic heterocycles. The average molecular weight is 279 g/mol. The third kappa shape index (κ3) is 5.30. The van der Waals surface area contributed by atoms with E-state index in [1.165, 1.54) is 0 Å². The number of rotatable bonds is 7. The van der Waals surface area contributed by atoms with Crippen LogP contribution in [-0.2, 0) is 16.0 Å². The van der Waals surface area contributed by atoms with Crippen molar-refractivity contribution in [2.45, 2.75) is 45.8 Å². The fourth-order valence-electron chi connectivity index (χ4n) is 1.58. The van der Waals surface area contributed by atoms with Crippen LogP contribution in [0.2, 0.25) is 0 Å². The van der Waals surface area contributed by atoms with Gasteiger partial charge in [0.15, 0.2) is 6.10 Å². The topological polar surface area (TPSA) is 75.6 Å². The second-order valence-electron chi connectivity index (χ2n) is 4.79. The molecule has 0 saturated carbocycles. The quantitative estimate of drug-likeness (QED) is 0.800. The minimum atomic E-state index is -0.875. The Bertz CT molecular complexity index is 455. The summed E-state index contributed by atoms with van der Waals surface area (Å²) >= 11 is 0. The number of carboxylic acids is 1. The SMILES string of the molecule is CCC(C)NC(=O)C(C)Oc1ccc(CC(=O)O)cc1. The Morgan fingerprint density at radius 3 is 2.35 bits per heavy atom. The second kappa shape index (κ2) is 7.53. The summed E-state index contributed by atoms with van der Waals surface area (Å²) in [5.74, 6) is -0.486. The zero-order chi connectivity index (χ0) is 15.1. The van der Waals surface area contributed by atoms with Crippen LogP contribution in [0.3, 0.4) is 0 Å². The number of nitrogens with one attached hydrogen (secondary N) is 1. The summed E-state index contributed by atoms with van der Waals surface area (Å²) in [4.78, 5) is 22.4. The van der Waals surface area contributed by atoms with Crippen molar-refractivity contribution in [3.63, 3.8) is 0 Å². The van der Waals surface area contributed by atoms with Crippen LogP contribution in [0.15, 0.2) is 24.3 Å². The maximum atomic E-state index is 11.8. The van der Waals surface area contributed by atoms with Gasteiger partial charge < -0.3 is 15.2 Å². The largest absolute Gasteiger partial charge is 0.481 e. The zero-order valence-corrected chi connectivity index (χ0v) is 12.1. The Morgan fingerprint density at radius 2 is 1.85 bits per heavy atom. The van der Waals surface area contributed by atoms with Crippen LogP contribution >= 0.6 is 0 Å². The van der Waals surface area contributed by atoms with Gasteiger partial charge in [-0.3, -0.25) is 9.59 Å². The molecular formula is C15H21NO4. The smallest absolute Gasteiger partial charge is 0.307 e. The molecular weight excluding hydrogens is 258 g/mol. The fourth-order valence-corrected chi connectivity index (χ4v) is 1.58. The minimum Gasteiger partial charge on any atom is -0.481 e. The van der Waals surface area contributed by atoms with Crippen molar-refractivity contribution < 1.29 is 19.4 Å². The molecule has 0 spiro atoms. The summed E-state index contributed by atoms with van der Waals surface area (Å²) in [6.07, 6.45) is 0.251. The molecule has 2 N–H and O–H groups in total. The summed E-state index contributed by atoms with van der Waals surface area (Å²) in [5.41, 5.74) is 0.696. The van der Waals surface area contributed by atoms with Gasteiger partial charge in [-0.25, -0.2) is 0 Å². The van der Waals surface area contributed by atoms with E-state index in [2.05, 4.69) is 5.32 Å². The van der Waals surface area contributed by atoms with Crippen LogP contribution in [0, 0.1) is 0 Å². The van der Waals surface area contributed by atoms with Crippen LogP contribution in [0.5, 0.6) is 5.75 Å². The minimum absolute atomic E-state index is 0.0235. The van der Waals surface area contributed by atoms with Crippen LogP contribution in [0.25, 0.3) is 0 Å². The van der Waals surface area contributed by atoms with Crippen molar-refractivity contribution in [1.82, 2.24) is 5.32 Å². The highest BCUT2D eigenvalue weighted by atomic mass is 16.5. The highest BCUT2D eigenvalue weighted by Crippen LogP contribution is 2.14. The molecule has 0 radical (unpaired) electrons. The summed E-state index contributed by atoms with van der Waals surface area (Å²) in [5, 5.41) is 11.5. The monoisotopic (exact) mass is 279 g/mol. The van der Waals surface area contributed by atoms with Crippen LogP contribution in [0.1, 0.15) is 32.8 Å². The molecule has 5 heteroatoms. The van der Waals surface area contributed by atoms with Gasteiger partial charge in [0.25, 0.3) is 5.91 Å². The predicted octanol–water partition coefficient (Wildman–Crippen LogP) is 2.00. The summed E-state index contributed by atoms with van der Waals surface area (Å²) in [7, 11) is 0. The van der Waals surface area contributed by atoms with Gasteiger partial charge in [0.05, 0.1) is 6.42 Å². The van der Waals surface area contributed by atoms with Gasteiger partial charge in [0, 0.05) is 6.04 Å². The van der Waals surface area contributed by atoms with Gasteiger partial charge in [-0.05, 0) is 38.0 Å².